The fraction of sp³-hybridized carbons (Fsp3) is 0.250. The molecule has 2 aromatic carbocycles. The van der Waals surface area contributed by atoms with Gasteiger partial charge in [0.1, 0.15) is 0 Å². The summed E-state index contributed by atoms with van der Waals surface area (Å²) in [5, 5.41) is 13.9. The van der Waals surface area contributed by atoms with Gasteiger partial charge in [-0.15, -0.1) is 0 Å². The first-order chi connectivity index (χ1) is 13.2. The first-order valence-corrected chi connectivity index (χ1v) is 8.76. The molecule has 1 N–H and O–H groups in total. The predicted molar refractivity (Wildman–Crippen MR) is 97.9 cm³/mol. The highest BCUT2D eigenvalue weighted by Crippen LogP contribution is 2.26. The number of carbonyl (C=O) groups is 1. The molecule has 7 nitrogen and oxygen atoms in total. The number of amides is 1. The summed E-state index contributed by atoms with van der Waals surface area (Å²) in [6, 6.07) is 16.6. The highest BCUT2D eigenvalue weighted by Gasteiger charge is 2.25. The van der Waals surface area contributed by atoms with Crippen molar-refractivity contribution in [1.29, 1.82) is 0 Å². The summed E-state index contributed by atoms with van der Waals surface area (Å²) in [6.45, 7) is 1.27. The number of aliphatic hydroxyl groups excluding tert-OH is 1. The third-order valence-corrected chi connectivity index (χ3v) is 4.38. The molecule has 1 saturated heterocycles. The summed E-state index contributed by atoms with van der Waals surface area (Å²) in [6.07, 6.45) is -0.698. The highest BCUT2D eigenvalue weighted by molar-refractivity contribution is 6.00. The molecule has 27 heavy (non-hydrogen) atoms. The molecule has 3 aromatic rings. The number of hydrogen-bond acceptors (Lipinski definition) is 6. The van der Waals surface area contributed by atoms with Crippen molar-refractivity contribution in [2.75, 3.05) is 26.3 Å². The summed E-state index contributed by atoms with van der Waals surface area (Å²) >= 11 is 0. The van der Waals surface area contributed by atoms with Crippen LogP contribution in [-0.2, 0) is 4.74 Å². The lowest BCUT2D eigenvalue weighted by Crippen LogP contribution is -2.37. The molecule has 2 heterocycles. The van der Waals surface area contributed by atoms with Gasteiger partial charge in [0, 0.05) is 18.7 Å². The van der Waals surface area contributed by atoms with E-state index in [1.165, 1.54) is 0 Å². The zero-order chi connectivity index (χ0) is 18.6. The largest absolute Gasteiger partial charge is 0.389 e. The van der Waals surface area contributed by atoms with Crippen LogP contribution in [0.25, 0.3) is 22.8 Å². The van der Waals surface area contributed by atoms with E-state index in [9.17, 15) is 9.90 Å². The second-order valence-electron chi connectivity index (χ2n) is 6.31. The summed E-state index contributed by atoms with van der Waals surface area (Å²) in [5.41, 5.74) is 1.86. The van der Waals surface area contributed by atoms with Crippen LogP contribution in [0.2, 0.25) is 0 Å². The van der Waals surface area contributed by atoms with Crippen LogP contribution in [0.3, 0.4) is 0 Å². The molecule has 0 bridgehead atoms. The second-order valence-corrected chi connectivity index (χ2v) is 6.31. The zero-order valence-electron chi connectivity index (χ0n) is 14.6. The maximum absolute atomic E-state index is 13.0. The molecule has 1 aromatic heterocycles. The van der Waals surface area contributed by atoms with Crippen LogP contribution in [-0.4, -0.2) is 58.5 Å². The van der Waals surface area contributed by atoms with Crippen molar-refractivity contribution in [3.8, 4) is 22.8 Å². The molecule has 4 rings (SSSR count). The molecule has 0 saturated carbocycles. The average Bonchev–Trinajstić information content (AvgIpc) is 3.10. The van der Waals surface area contributed by atoms with E-state index in [0.29, 0.717) is 30.1 Å². The number of aromatic nitrogens is 2. The second kappa shape index (κ2) is 7.69. The van der Waals surface area contributed by atoms with Gasteiger partial charge in [-0.05, 0) is 12.1 Å². The van der Waals surface area contributed by atoms with Crippen LogP contribution in [0.4, 0.5) is 0 Å². The Morgan fingerprint density at radius 1 is 1.11 bits per heavy atom. The van der Waals surface area contributed by atoms with Crippen LogP contribution in [0.15, 0.2) is 59.1 Å². The van der Waals surface area contributed by atoms with E-state index in [-0.39, 0.29) is 24.9 Å². The Labute approximate surface area is 156 Å². The average molecular weight is 365 g/mol. The van der Waals surface area contributed by atoms with Crippen LogP contribution in [0.1, 0.15) is 10.4 Å². The molecule has 0 spiro atoms. The van der Waals surface area contributed by atoms with E-state index in [4.69, 9.17) is 9.26 Å². The van der Waals surface area contributed by atoms with Crippen molar-refractivity contribution < 1.29 is 19.2 Å². The van der Waals surface area contributed by atoms with E-state index in [1.54, 1.807) is 23.1 Å². The summed E-state index contributed by atoms with van der Waals surface area (Å²) in [5.74, 6) is 0.547. The van der Waals surface area contributed by atoms with Crippen LogP contribution >= 0.6 is 0 Å². The van der Waals surface area contributed by atoms with Crippen molar-refractivity contribution in [3.05, 3.63) is 60.2 Å². The molecule has 1 fully saturated rings. The molecule has 1 atom stereocenters. The monoisotopic (exact) mass is 365 g/mol. The Bertz CT molecular complexity index is 926. The number of rotatable bonds is 3. The van der Waals surface area contributed by atoms with Crippen LogP contribution in [0, 0.1) is 0 Å². The van der Waals surface area contributed by atoms with Gasteiger partial charge in [-0.3, -0.25) is 4.79 Å². The molecule has 0 radical (unpaired) electrons. The first-order valence-electron chi connectivity index (χ1n) is 8.76. The maximum atomic E-state index is 13.0. The van der Waals surface area contributed by atoms with Crippen molar-refractivity contribution in [3.63, 3.8) is 0 Å². The van der Waals surface area contributed by atoms with Gasteiger partial charge < -0.3 is 19.3 Å². The number of carbonyl (C=O) groups excluding carboxylic acids is 1. The fourth-order valence-corrected chi connectivity index (χ4v) is 3.04. The van der Waals surface area contributed by atoms with Gasteiger partial charge in [0.15, 0.2) is 0 Å². The lowest BCUT2D eigenvalue weighted by atomic mass is 10.1. The third-order valence-electron chi connectivity index (χ3n) is 4.38. The minimum atomic E-state index is -0.698. The van der Waals surface area contributed by atoms with Crippen molar-refractivity contribution >= 4 is 5.91 Å². The minimum Gasteiger partial charge on any atom is -0.389 e. The van der Waals surface area contributed by atoms with Gasteiger partial charge in [-0.1, -0.05) is 47.6 Å². The van der Waals surface area contributed by atoms with E-state index in [2.05, 4.69) is 10.1 Å². The number of aliphatic hydroxyl groups is 1. The summed E-state index contributed by atoms with van der Waals surface area (Å²) < 4.78 is 10.7. The van der Waals surface area contributed by atoms with E-state index < -0.39 is 6.10 Å². The van der Waals surface area contributed by atoms with Gasteiger partial charge >= 0.3 is 0 Å². The Morgan fingerprint density at radius 2 is 1.89 bits per heavy atom. The van der Waals surface area contributed by atoms with Crippen LogP contribution < -0.4 is 0 Å². The van der Waals surface area contributed by atoms with Crippen molar-refractivity contribution in [1.82, 2.24) is 15.0 Å². The molecule has 7 heteroatoms. The molecule has 1 aliphatic rings. The maximum Gasteiger partial charge on any atom is 0.259 e. The van der Waals surface area contributed by atoms with Crippen molar-refractivity contribution in [2.24, 2.45) is 0 Å². The molecule has 1 aliphatic heterocycles. The molecule has 138 valence electrons. The van der Waals surface area contributed by atoms with Gasteiger partial charge in [0.25, 0.3) is 11.8 Å². The molecular formula is C20H19N3O4. The van der Waals surface area contributed by atoms with Gasteiger partial charge in [0.2, 0.25) is 5.82 Å². The smallest absolute Gasteiger partial charge is 0.259 e. The highest BCUT2D eigenvalue weighted by atomic mass is 16.5. The zero-order valence-corrected chi connectivity index (χ0v) is 14.6. The number of β-amino-alcohol motifs (C(OH)–C–C–N with tert-alkyl or cyclic N) is 1. The Balaban J connectivity index is 1.65. The third kappa shape index (κ3) is 3.74. The fourth-order valence-electron chi connectivity index (χ4n) is 3.04. The van der Waals surface area contributed by atoms with E-state index in [1.807, 2.05) is 36.4 Å². The van der Waals surface area contributed by atoms with Gasteiger partial charge in [-0.25, -0.2) is 0 Å². The molecule has 0 aliphatic carbocycles. The number of ether oxygens (including phenoxy) is 1. The van der Waals surface area contributed by atoms with Gasteiger partial charge in [-0.2, -0.15) is 4.98 Å². The Morgan fingerprint density at radius 3 is 2.74 bits per heavy atom. The number of nitrogens with zero attached hydrogens (tertiary/aromatic N) is 3. The topological polar surface area (TPSA) is 88.7 Å². The Hall–Kier alpha value is -3.03. The molecule has 0 unspecified atom stereocenters. The SMILES string of the molecule is O=C(c1ccccc1-c1nc(-c2ccccc2)no1)N1CCOC[C@@H](O)C1. The lowest BCUT2D eigenvalue weighted by Gasteiger charge is -2.22. The summed E-state index contributed by atoms with van der Waals surface area (Å²) in [7, 11) is 0. The first kappa shape index (κ1) is 17.4. The van der Waals surface area contributed by atoms with Gasteiger partial charge in [0.05, 0.1) is 30.4 Å². The van der Waals surface area contributed by atoms with Crippen molar-refractivity contribution in [2.45, 2.75) is 6.10 Å². The Kier molecular flexibility index (Phi) is 4.95. The van der Waals surface area contributed by atoms with E-state index in [0.717, 1.165) is 5.56 Å². The quantitative estimate of drug-likeness (QED) is 0.766. The number of hydrogen-bond donors (Lipinski definition) is 1. The predicted octanol–water partition coefficient (Wildman–Crippen LogP) is 2.24. The lowest BCUT2D eigenvalue weighted by molar-refractivity contribution is 0.0534. The molecular weight excluding hydrogens is 346 g/mol. The molecule has 1 amide bonds. The normalized spacial score (nSPS) is 17.5. The minimum absolute atomic E-state index is 0.199. The van der Waals surface area contributed by atoms with Crippen LogP contribution in [0.5, 0.6) is 0 Å². The standard InChI is InChI=1S/C20H19N3O4/c24-15-12-23(10-11-26-13-15)20(25)17-9-5-4-8-16(17)19-21-18(22-27-19)14-6-2-1-3-7-14/h1-9,15,24H,10-13H2/t15-/m0/s1. The number of benzene rings is 2. The van der Waals surface area contributed by atoms with E-state index >= 15 is 0 Å². The summed E-state index contributed by atoms with van der Waals surface area (Å²) in [4.78, 5) is 19.1.